The average Bonchev–Trinajstić information content (AvgIpc) is 3.05. The lowest BCUT2D eigenvalue weighted by Crippen LogP contribution is -2.37. The Morgan fingerprint density at radius 1 is 1.16 bits per heavy atom. The molecule has 0 saturated carbocycles. The van der Waals surface area contributed by atoms with Crippen molar-refractivity contribution in [2.75, 3.05) is 6.61 Å². The molecule has 0 saturated heterocycles. The van der Waals surface area contributed by atoms with Crippen LogP contribution in [0.15, 0.2) is 59.2 Å². The number of nitrogens with one attached hydrogen (secondary N) is 1. The van der Waals surface area contributed by atoms with Gasteiger partial charge in [0, 0.05) is 29.6 Å². The lowest BCUT2D eigenvalue weighted by atomic mass is 10.0. The number of non-ortho nitro benzene ring substituents is 1. The highest BCUT2D eigenvalue weighted by Gasteiger charge is 2.21. The first-order chi connectivity index (χ1) is 12.1. The molecule has 0 fully saturated rings. The second-order valence-electron chi connectivity index (χ2n) is 5.72. The minimum absolute atomic E-state index is 0.0469. The summed E-state index contributed by atoms with van der Waals surface area (Å²) < 4.78 is 5.47. The number of hydrogen-bond donors (Lipinski definition) is 3. The molecule has 1 heterocycles. The zero-order valence-electron chi connectivity index (χ0n) is 13.3. The number of hydrogen-bond acceptors (Lipinski definition) is 6. The van der Waals surface area contributed by atoms with E-state index in [1.165, 1.54) is 24.3 Å². The maximum absolute atomic E-state index is 10.7. The van der Waals surface area contributed by atoms with Crippen molar-refractivity contribution in [1.82, 2.24) is 5.32 Å². The fourth-order valence-electron chi connectivity index (χ4n) is 2.71. The predicted molar refractivity (Wildman–Crippen MR) is 92.0 cm³/mol. The molecule has 0 bridgehead atoms. The van der Waals surface area contributed by atoms with Crippen LogP contribution in [0.3, 0.4) is 0 Å². The number of nitro groups is 1. The monoisotopic (exact) mass is 342 g/mol. The van der Waals surface area contributed by atoms with Gasteiger partial charge in [-0.2, -0.15) is 0 Å². The SMILES string of the molecule is O=[N+]([O-])c1ccc(C(O)C(CO)NCc2coc3ccccc23)cc1. The molecule has 2 aromatic carbocycles. The van der Waals surface area contributed by atoms with Gasteiger partial charge in [0.2, 0.25) is 0 Å². The van der Waals surface area contributed by atoms with Gasteiger partial charge >= 0.3 is 0 Å². The molecule has 130 valence electrons. The molecule has 0 aliphatic rings. The standard InChI is InChI=1S/C18H18N2O5/c21-10-16(18(22)12-5-7-14(8-6-12)20(23)24)19-9-13-11-25-17-4-2-1-3-15(13)17/h1-8,11,16,18-19,21-22H,9-10H2. The number of furan rings is 1. The molecule has 25 heavy (non-hydrogen) atoms. The van der Waals surface area contributed by atoms with Crippen LogP contribution < -0.4 is 5.32 Å². The molecule has 7 heteroatoms. The number of aliphatic hydroxyl groups excluding tert-OH is 2. The summed E-state index contributed by atoms with van der Waals surface area (Å²) in [6.07, 6.45) is 0.647. The van der Waals surface area contributed by atoms with Crippen molar-refractivity contribution in [3.8, 4) is 0 Å². The van der Waals surface area contributed by atoms with E-state index in [0.29, 0.717) is 12.1 Å². The van der Waals surface area contributed by atoms with Gasteiger partial charge in [0.25, 0.3) is 5.69 Å². The predicted octanol–water partition coefficient (Wildman–Crippen LogP) is 2.53. The van der Waals surface area contributed by atoms with Crippen molar-refractivity contribution in [3.63, 3.8) is 0 Å². The van der Waals surface area contributed by atoms with E-state index in [4.69, 9.17) is 4.42 Å². The van der Waals surface area contributed by atoms with Gasteiger partial charge in [0.1, 0.15) is 5.58 Å². The number of benzene rings is 2. The van der Waals surface area contributed by atoms with E-state index in [2.05, 4.69) is 5.32 Å². The van der Waals surface area contributed by atoms with Gasteiger partial charge in [-0.05, 0) is 23.8 Å². The Morgan fingerprint density at radius 3 is 2.56 bits per heavy atom. The number of nitro benzene ring substituents is 1. The molecule has 0 aliphatic heterocycles. The van der Waals surface area contributed by atoms with Gasteiger partial charge in [-0.15, -0.1) is 0 Å². The third-order valence-corrected chi connectivity index (χ3v) is 4.14. The van der Waals surface area contributed by atoms with Crippen molar-refractivity contribution < 1.29 is 19.6 Å². The second kappa shape index (κ2) is 7.43. The van der Waals surface area contributed by atoms with Gasteiger partial charge < -0.3 is 19.9 Å². The minimum atomic E-state index is -0.996. The molecule has 3 aromatic rings. The van der Waals surface area contributed by atoms with Gasteiger partial charge in [-0.3, -0.25) is 10.1 Å². The quantitative estimate of drug-likeness (QED) is 0.450. The van der Waals surface area contributed by atoms with Crippen LogP contribution in [0.4, 0.5) is 5.69 Å². The third-order valence-electron chi connectivity index (χ3n) is 4.14. The van der Waals surface area contributed by atoms with Crippen LogP contribution in [-0.2, 0) is 6.54 Å². The van der Waals surface area contributed by atoms with E-state index < -0.39 is 17.1 Å². The van der Waals surface area contributed by atoms with Crippen LogP contribution in [0.2, 0.25) is 0 Å². The Bertz CT molecular complexity index is 859. The highest BCUT2D eigenvalue weighted by Crippen LogP contribution is 2.23. The Kier molecular flexibility index (Phi) is 5.08. The zero-order valence-corrected chi connectivity index (χ0v) is 13.3. The molecule has 7 nitrogen and oxygen atoms in total. The van der Waals surface area contributed by atoms with E-state index >= 15 is 0 Å². The minimum Gasteiger partial charge on any atom is -0.464 e. The van der Waals surface area contributed by atoms with E-state index in [0.717, 1.165) is 16.5 Å². The molecule has 0 spiro atoms. The smallest absolute Gasteiger partial charge is 0.269 e. The van der Waals surface area contributed by atoms with Crippen LogP contribution in [0.1, 0.15) is 17.2 Å². The Labute approximate surface area is 143 Å². The molecular formula is C18H18N2O5. The van der Waals surface area contributed by atoms with Crippen LogP contribution in [0, 0.1) is 10.1 Å². The maximum Gasteiger partial charge on any atom is 0.269 e. The van der Waals surface area contributed by atoms with Gasteiger partial charge in [-0.25, -0.2) is 0 Å². The van der Waals surface area contributed by atoms with Gasteiger partial charge in [-0.1, -0.05) is 18.2 Å². The molecule has 1 aromatic heterocycles. The average molecular weight is 342 g/mol. The zero-order chi connectivity index (χ0) is 17.8. The summed E-state index contributed by atoms with van der Waals surface area (Å²) >= 11 is 0. The second-order valence-corrected chi connectivity index (χ2v) is 5.72. The van der Waals surface area contributed by atoms with Crippen LogP contribution in [-0.4, -0.2) is 27.8 Å². The summed E-state index contributed by atoms with van der Waals surface area (Å²) in [5.41, 5.74) is 2.14. The summed E-state index contributed by atoms with van der Waals surface area (Å²) in [5.74, 6) is 0. The van der Waals surface area contributed by atoms with E-state index in [9.17, 15) is 20.3 Å². The van der Waals surface area contributed by atoms with Crippen molar-refractivity contribution >= 4 is 16.7 Å². The van der Waals surface area contributed by atoms with Crippen molar-refractivity contribution in [3.05, 3.63) is 76.0 Å². The first kappa shape index (κ1) is 17.1. The highest BCUT2D eigenvalue weighted by atomic mass is 16.6. The number of nitrogens with zero attached hydrogens (tertiary/aromatic N) is 1. The summed E-state index contributed by atoms with van der Waals surface area (Å²) in [6.45, 7) is 0.125. The fraction of sp³-hybridized carbons (Fsp3) is 0.222. The maximum atomic E-state index is 10.7. The normalized spacial score (nSPS) is 13.7. The van der Waals surface area contributed by atoms with Gasteiger partial charge in [0.05, 0.1) is 29.9 Å². The van der Waals surface area contributed by atoms with E-state index in [1.54, 1.807) is 6.26 Å². The molecule has 2 atom stereocenters. The molecule has 3 N–H and O–H groups in total. The summed E-state index contributed by atoms with van der Waals surface area (Å²) in [6, 6.07) is 12.6. The number of fused-ring (bicyclic) bond motifs is 1. The van der Waals surface area contributed by atoms with E-state index in [1.807, 2.05) is 24.3 Å². The molecular weight excluding hydrogens is 324 g/mol. The lowest BCUT2D eigenvalue weighted by molar-refractivity contribution is -0.384. The third kappa shape index (κ3) is 3.69. The molecule has 3 rings (SSSR count). The van der Waals surface area contributed by atoms with Crippen LogP contribution in [0.25, 0.3) is 11.0 Å². The summed E-state index contributed by atoms with van der Waals surface area (Å²) in [7, 11) is 0. The van der Waals surface area contributed by atoms with Gasteiger partial charge in [0.15, 0.2) is 0 Å². The lowest BCUT2D eigenvalue weighted by Gasteiger charge is -2.22. The summed E-state index contributed by atoms with van der Waals surface area (Å²) in [5, 5.41) is 34.8. The number of para-hydroxylation sites is 1. The van der Waals surface area contributed by atoms with Crippen LogP contribution >= 0.6 is 0 Å². The summed E-state index contributed by atoms with van der Waals surface area (Å²) in [4.78, 5) is 10.2. The Balaban J connectivity index is 1.70. The van der Waals surface area contributed by atoms with Crippen molar-refractivity contribution in [1.29, 1.82) is 0 Å². The first-order valence-electron chi connectivity index (χ1n) is 7.82. The largest absolute Gasteiger partial charge is 0.464 e. The first-order valence-corrected chi connectivity index (χ1v) is 7.82. The molecule has 2 unspecified atom stereocenters. The van der Waals surface area contributed by atoms with Crippen molar-refractivity contribution in [2.24, 2.45) is 0 Å². The van der Waals surface area contributed by atoms with Crippen LogP contribution in [0.5, 0.6) is 0 Å². The molecule has 0 radical (unpaired) electrons. The fourth-order valence-corrected chi connectivity index (χ4v) is 2.71. The molecule has 0 aliphatic carbocycles. The number of rotatable bonds is 7. The highest BCUT2D eigenvalue weighted by molar-refractivity contribution is 5.80. The Hall–Kier alpha value is -2.74. The Morgan fingerprint density at radius 2 is 1.88 bits per heavy atom. The molecule has 0 amide bonds. The van der Waals surface area contributed by atoms with Crippen molar-refractivity contribution in [2.45, 2.75) is 18.7 Å². The topological polar surface area (TPSA) is 109 Å². The van der Waals surface area contributed by atoms with E-state index in [-0.39, 0.29) is 12.3 Å². The number of aliphatic hydroxyl groups is 2.